The molecule has 3 aromatic heterocycles. The van der Waals surface area contributed by atoms with Gasteiger partial charge in [0.15, 0.2) is 14.9 Å². The normalized spacial score (nSPS) is 12.7. The van der Waals surface area contributed by atoms with E-state index in [1.165, 1.54) is 10.9 Å². The highest BCUT2D eigenvalue weighted by molar-refractivity contribution is 7.90. The summed E-state index contributed by atoms with van der Waals surface area (Å²) >= 11 is 0. The van der Waals surface area contributed by atoms with Gasteiger partial charge in [0, 0.05) is 25.2 Å². The monoisotopic (exact) mass is 336 g/mol. The molecule has 0 radical (unpaired) electrons. The lowest BCUT2D eigenvalue weighted by Crippen LogP contribution is -2.19. The van der Waals surface area contributed by atoms with Gasteiger partial charge in [-0.3, -0.25) is 4.68 Å². The summed E-state index contributed by atoms with van der Waals surface area (Å²) in [6, 6.07) is 0. The first kappa shape index (κ1) is 15.4. The molecule has 0 aliphatic carbocycles. The maximum absolute atomic E-state index is 11.9. The van der Waals surface area contributed by atoms with Gasteiger partial charge in [0.2, 0.25) is 11.7 Å². The number of rotatable bonds is 4. The predicted molar refractivity (Wildman–Crippen MR) is 80.3 cm³/mol. The minimum Gasteiger partial charge on any atom is -0.348 e. The van der Waals surface area contributed by atoms with Crippen molar-refractivity contribution in [2.75, 3.05) is 6.26 Å². The van der Waals surface area contributed by atoms with Gasteiger partial charge >= 0.3 is 0 Å². The molecular weight excluding hydrogens is 320 g/mol. The Kier molecular flexibility index (Phi) is 3.36. The summed E-state index contributed by atoms with van der Waals surface area (Å²) in [4.78, 5) is 11.4. The van der Waals surface area contributed by atoms with Crippen LogP contribution in [0.4, 0.5) is 0 Å². The number of nitrogens with one attached hydrogen (secondary N) is 1. The molecule has 122 valence electrons. The zero-order valence-electron chi connectivity index (χ0n) is 13.1. The van der Waals surface area contributed by atoms with Gasteiger partial charge < -0.3 is 9.51 Å². The van der Waals surface area contributed by atoms with Gasteiger partial charge in [0.1, 0.15) is 0 Å². The molecule has 3 rings (SSSR count). The van der Waals surface area contributed by atoms with E-state index in [9.17, 15) is 8.42 Å². The Balaban J connectivity index is 2.08. The second-order valence-electron chi connectivity index (χ2n) is 5.77. The highest BCUT2D eigenvalue weighted by Gasteiger charge is 2.32. The first-order valence-corrected chi connectivity index (χ1v) is 8.66. The Hall–Kier alpha value is -2.49. The third kappa shape index (κ3) is 2.54. The van der Waals surface area contributed by atoms with Crippen LogP contribution in [0, 0.1) is 0 Å². The maximum Gasteiger partial charge on any atom is 0.238 e. The van der Waals surface area contributed by atoms with Gasteiger partial charge in [0.05, 0.1) is 23.5 Å². The van der Waals surface area contributed by atoms with Crippen LogP contribution in [0.25, 0.3) is 11.4 Å². The van der Waals surface area contributed by atoms with E-state index in [4.69, 9.17) is 4.52 Å². The lowest BCUT2D eigenvalue weighted by molar-refractivity contribution is 0.330. The average Bonchev–Trinajstić information content (AvgIpc) is 3.18. The molecule has 9 nitrogen and oxygen atoms in total. The Morgan fingerprint density at radius 2 is 2.04 bits per heavy atom. The van der Waals surface area contributed by atoms with Gasteiger partial charge in [-0.15, -0.1) is 0 Å². The molecule has 0 aliphatic rings. The molecule has 0 aliphatic heterocycles. The van der Waals surface area contributed by atoms with Crippen molar-refractivity contribution in [2.45, 2.75) is 24.3 Å². The Morgan fingerprint density at radius 3 is 2.65 bits per heavy atom. The molecule has 0 saturated carbocycles. The van der Waals surface area contributed by atoms with Gasteiger partial charge in [-0.1, -0.05) is 5.16 Å². The van der Waals surface area contributed by atoms with Crippen molar-refractivity contribution in [1.82, 2.24) is 29.9 Å². The van der Waals surface area contributed by atoms with Crippen LogP contribution in [-0.2, 0) is 22.3 Å². The van der Waals surface area contributed by atoms with E-state index in [2.05, 4.69) is 25.2 Å². The lowest BCUT2D eigenvalue weighted by atomic mass is 9.90. The van der Waals surface area contributed by atoms with Crippen LogP contribution < -0.4 is 0 Å². The van der Waals surface area contributed by atoms with E-state index in [0.29, 0.717) is 11.5 Å². The quantitative estimate of drug-likeness (QED) is 0.752. The summed E-state index contributed by atoms with van der Waals surface area (Å²) in [5.41, 5.74) is 0.530. The van der Waals surface area contributed by atoms with Crippen LogP contribution >= 0.6 is 0 Å². The maximum atomic E-state index is 11.9. The molecule has 0 unspecified atom stereocenters. The minimum absolute atomic E-state index is 0.0456. The Labute approximate surface area is 132 Å². The first-order valence-electron chi connectivity index (χ1n) is 6.76. The van der Waals surface area contributed by atoms with Crippen molar-refractivity contribution in [1.29, 1.82) is 0 Å². The molecule has 1 N–H and O–H groups in total. The Bertz CT molecular complexity index is 936. The number of hydrogen-bond acceptors (Lipinski definition) is 7. The molecule has 0 saturated heterocycles. The average molecular weight is 336 g/mol. The fraction of sp³-hybridized carbons (Fsp3) is 0.385. The summed E-state index contributed by atoms with van der Waals surface area (Å²) in [5.74, 6) is 0.529. The van der Waals surface area contributed by atoms with Crippen LogP contribution in [0.15, 0.2) is 28.3 Å². The number of aromatic amines is 1. The zero-order valence-corrected chi connectivity index (χ0v) is 13.9. The topological polar surface area (TPSA) is 120 Å². The molecule has 0 atom stereocenters. The van der Waals surface area contributed by atoms with Crippen molar-refractivity contribution in [3.05, 3.63) is 30.3 Å². The van der Waals surface area contributed by atoms with Gasteiger partial charge in [0.25, 0.3) is 0 Å². The standard InChI is InChI=1S/C13H16N6O3S/c1-13(2,9-6-14-7-15-9)12-17-10(18-22-12)8-5-16-19(3)11(8)23(4,20)21/h5-7H,1-4H3,(H,14,15). The summed E-state index contributed by atoms with van der Waals surface area (Å²) in [7, 11) is -1.92. The number of imidazole rings is 1. The number of aryl methyl sites for hydroxylation is 1. The van der Waals surface area contributed by atoms with E-state index < -0.39 is 15.3 Å². The lowest BCUT2D eigenvalue weighted by Gasteiger charge is -2.17. The van der Waals surface area contributed by atoms with Crippen LogP contribution in [0.3, 0.4) is 0 Å². The highest BCUT2D eigenvalue weighted by atomic mass is 32.2. The van der Waals surface area contributed by atoms with Crippen LogP contribution in [0.1, 0.15) is 25.4 Å². The van der Waals surface area contributed by atoms with Crippen molar-refractivity contribution < 1.29 is 12.9 Å². The number of aromatic nitrogens is 6. The second-order valence-corrected chi connectivity index (χ2v) is 7.70. The van der Waals surface area contributed by atoms with E-state index in [-0.39, 0.29) is 10.9 Å². The van der Waals surface area contributed by atoms with Crippen molar-refractivity contribution in [3.63, 3.8) is 0 Å². The van der Waals surface area contributed by atoms with Crippen LogP contribution in [0.2, 0.25) is 0 Å². The molecule has 3 aromatic rings. The number of sulfone groups is 1. The number of hydrogen-bond donors (Lipinski definition) is 1. The van der Waals surface area contributed by atoms with E-state index in [1.807, 2.05) is 13.8 Å². The van der Waals surface area contributed by atoms with Gasteiger partial charge in [-0.25, -0.2) is 13.4 Å². The summed E-state index contributed by atoms with van der Waals surface area (Å²) < 4.78 is 30.5. The largest absolute Gasteiger partial charge is 0.348 e. The van der Waals surface area contributed by atoms with Crippen LogP contribution in [-0.4, -0.2) is 44.6 Å². The third-order valence-corrected chi connectivity index (χ3v) is 4.80. The molecule has 0 spiro atoms. The van der Waals surface area contributed by atoms with Crippen molar-refractivity contribution in [2.24, 2.45) is 7.05 Å². The van der Waals surface area contributed by atoms with Crippen LogP contribution in [0.5, 0.6) is 0 Å². The summed E-state index contributed by atoms with van der Waals surface area (Å²) in [6.07, 6.45) is 5.77. The first-order chi connectivity index (χ1) is 10.7. The molecule has 3 heterocycles. The van der Waals surface area contributed by atoms with E-state index in [0.717, 1.165) is 11.9 Å². The summed E-state index contributed by atoms with van der Waals surface area (Å²) in [6.45, 7) is 3.80. The van der Waals surface area contributed by atoms with Crippen molar-refractivity contribution >= 4 is 9.84 Å². The SMILES string of the molecule is Cn1ncc(-c2noc(C(C)(C)c3cnc[nH]3)n2)c1S(C)(=O)=O. The molecule has 0 bridgehead atoms. The van der Waals surface area contributed by atoms with Gasteiger partial charge in [-0.05, 0) is 13.8 Å². The van der Waals surface area contributed by atoms with E-state index in [1.54, 1.807) is 19.6 Å². The minimum atomic E-state index is -3.48. The molecule has 0 fully saturated rings. The second kappa shape index (κ2) is 5.01. The molecular formula is C13H16N6O3S. The number of H-pyrrole nitrogens is 1. The fourth-order valence-electron chi connectivity index (χ4n) is 2.32. The van der Waals surface area contributed by atoms with Crippen molar-refractivity contribution in [3.8, 4) is 11.4 Å². The smallest absolute Gasteiger partial charge is 0.238 e. The fourth-order valence-corrected chi connectivity index (χ4v) is 3.39. The number of nitrogens with zero attached hydrogens (tertiary/aromatic N) is 5. The van der Waals surface area contributed by atoms with E-state index >= 15 is 0 Å². The highest BCUT2D eigenvalue weighted by Crippen LogP contribution is 2.31. The summed E-state index contributed by atoms with van der Waals surface area (Å²) in [5, 5.41) is 7.94. The van der Waals surface area contributed by atoms with Gasteiger partial charge in [-0.2, -0.15) is 10.1 Å². The molecule has 0 amide bonds. The zero-order chi connectivity index (χ0) is 16.8. The Morgan fingerprint density at radius 1 is 1.30 bits per heavy atom. The molecule has 0 aromatic carbocycles. The molecule has 23 heavy (non-hydrogen) atoms. The molecule has 10 heteroatoms. The predicted octanol–water partition coefficient (Wildman–Crippen LogP) is 0.923. The third-order valence-electron chi connectivity index (χ3n) is 3.61.